The van der Waals surface area contributed by atoms with Gasteiger partial charge in [-0.05, 0) is 44.4 Å². The highest BCUT2D eigenvalue weighted by molar-refractivity contribution is 5.92. The molecule has 3 heteroatoms. The van der Waals surface area contributed by atoms with Crippen LogP contribution in [0.5, 0.6) is 0 Å². The van der Waals surface area contributed by atoms with Crippen molar-refractivity contribution in [1.29, 1.82) is 0 Å². The zero-order valence-electron chi connectivity index (χ0n) is 12.0. The molecule has 3 heterocycles. The number of nitrogens with zero attached hydrogens (tertiary/aromatic N) is 2. The van der Waals surface area contributed by atoms with E-state index in [0.29, 0.717) is 6.04 Å². The molecule has 0 amide bonds. The number of aromatic nitrogens is 1. The molecule has 3 nitrogen and oxygen atoms in total. The van der Waals surface area contributed by atoms with Crippen LogP contribution >= 0.6 is 0 Å². The van der Waals surface area contributed by atoms with Crippen LogP contribution in [0.3, 0.4) is 0 Å². The molecule has 0 bridgehead atoms. The zero-order chi connectivity index (χ0) is 13.5. The van der Waals surface area contributed by atoms with Crippen LogP contribution in [-0.2, 0) is 0 Å². The monoisotopic (exact) mass is 267 g/mol. The number of hydrogen-bond donors (Lipinski definition) is 1. The Morgan fingerprint density at radius 1 is 1.25 bits per heavy atom. The normalized spacial score (nSPS) is 25.9. The number of pyridine rings is 1. The Morgan fingerprint density at radius 2 is 2.15 bits per heavy atom. The molecule has 2 aromatic rings. The predicted molar refractivity (Wildman–Crippen MR) is 83.2 cm³/mol. The smallest absolute Gasteiger partial charge is 0.0726 e. The molecule has 0 saturated carbocycles. The van der Waals surface area contributed by atoms with E-state index in [1.165, 1.54) is 37.0 Å². The summed E-state index contributed by atoms with van der Waals surface area (Å²) >= 11 is 0. The third-order valence-electron chi connectivity index (χ3n) is 4.76. The largest absolute Gasteiger partial charge is 0.369 e. The summed E-state index contributed by atoms with van der Waals surface area (Å²) in [4.78, 5) is 7.22. The lowest BCUT2D eigenvalue weighted by molar-refractivity contribution is 0.340. The maximum atomic E-state index is 4.66. The topological polar surface area (TPSA) is 28.2 Å². The first-order valence-electron chi connectivity index (χ1n) is 7.66. The summed E-state index contributed by atoms with van der Waals surface area (Å²) in [7, 11) is 0. The highest BCUT2D eigenvalue weighted by Gasteiger charge is 2.34. The molecule has 2 fully saturated rings. The van der Waals surface area contributed by atoms with Gasteiger partial charge in [-0.3, -0.25) is 4.98 Å². The van der Waals surface area contributed by atoms with Crippen molar-refractivity contribution < 1.29 is 0 Å². The molecular formula is C17H21N3. The van der Waals surface area contributed by atoms with Crippen LogP contribution in [0, 0.1) is 12.8 Å². The maximum absolute atomic E-state index is 4.66. The predicted octanol–water partition coefficient (Wildman–Crippen LogP) is 2.73. The fourth-order valence-electron chi connectivity index (χ4n) is 3.79. The van der Waals surface area contributed by atoms with E-state index >= 15 is 0 Å². The zero-order valence-corrected chi connectivity index (χ0v) is 12.0. The van der Waals surface area contributed by atoms with Gasteiger partial charge in [0.2, 0.25) is 0 Å². The maximum Gasteiger partial charge on any atom is 0.0726 e. The lowest BCUT2D eigenvalue weighted by atomic mass is 9.94. The summed E-state index contributed by atoms with van der Waals surface area (Å²) in [5.41, 5.74) is 3.59. The van der Waals surface area contributed by atoms with Gasteiger partial charge >= 0.3 is 0 Å². The third kappa shape index (κ3) is 1.97. The van der Waals surface area contributed by atoms with Crippen molar-refractivity contribution in [2.45, 2.75) is 25.8 Å². The minimum Gasteiger partial charge on any atom is -0.369 e. The van der Waals surface area contributed by atoms with Crippen molar-refractivity contribution in [3.05, 3.63) is 36.0 Å². The number of para-hydroxylation sites is 1. The average Bonchev–Trinajstić information content (AvgIpc) is 2.90. The van der Waals surface area contributed by atoms with E-state index in [9.17, 15) is 0 Å². The molecule has 0 aliphatic carbocycles. The molecule has 2 aliphatic heterocycles. The summed E-state index contributed by atoms with van der Waals surface area (Å²) < 4.78 is 0. The van der Waals surface area contributed by atoms with Gasteiger partial charge in [0.05, 0.1) is 5.52 Å². The van der Waals surface area contributed by atoms with Crippen LogP contribution in [0.4, 0.5) is 5.69 Å². The SMILES string of the molecule is Cc1cc(N2CC3CCCNC3C2)c2ccccc2n1. The van der Waals surface area contributed by atoms with E-state index in [1.54, 1.807) is 0 Å². The Morgan fingerprint density at radius 3 is 3.05 bits per heavy atom. The standard InChI is InChI=1S/C17H21N3/c1-12-9-17(14-6-2-3-7-15(14)19-12)20-10-13-5-4-8-18-16(13)11-20/h2-3,6-7,9,13,16,18H,4-5,8,10-11H2,1H3. The molecule has 0 spiro atoms. The molecule has 2 saturated heterocycles. The Bertz CT molecular complexity index is 623. The molecule has 2 atom stereocenters. The summed E-state index contributed by atoms with van der Waals surface area (Å²) in [6.07, 6.45) is 2.70. The van der Waals surface area contributed by atoms with Gasteiger partial charge in [0, 0.05) is 35.9 Å². The van der Waals surface area contributed by atoms with Crippen LogP contribution in [0.1, 0.15) is 18.5 Å². The fourth-order valence-corrected chi connectivity index (χ4v) is 3.79. The number of rotatable bonds is 1. The van der Waals surface area contributed by atoms with Crippen LogP contribution in [0.2, 0.25) is 0 Å². The van der Waals surface area contributed by atoms with E-state index in [0.717, 1.165) is 23.7 Å². The Labute approximate surface area is 120 Å². The van der Waals surface area contributed by atoms with Crippen molar-refractivity contribution >= 4 is 16.6 Å². The molecule has 1 N–H and O–H groups in total. The molecular weight excluding hydrogens is 246 g/mol. The van der Waals surface area contributed by atoms with Crippen LogP contribution in [0.25, 0.3) is 10.9 Å². The second-order valence-electron chi connectivity index (χ2n) is 6.17. The lowest BCUT2D eigenvalue weighted by Crippen LogP contribution is -2.40. The van der Waals surface area contributed by atoms with Crippen LogP contribution < -0.4 is 10.2 Å². The van der Waals surface area contributed by atoms with Crippen LogP contribution in [0.15, 0.2) is 30.3 Å². The highest BCUT2D eigenvalue weighted by atomic mass is 15.2. The van der Waals surface area contributed by atoms with Crippen molar-refractivity contribution in [2.75, 3.05) is 24.5 Å². The van der Waals surface area contributed by atoms with Crippen molar-refractivity contribution in [3.8, 4) is 0 Å². The van der Waals surface area contributed by atoms with E-state index in [2.05, 4.69) is 52.5 Å². The highest BCUT2D eigenvalue weighted by Crippen LogP contribution is 2.33. The summed E-state index contributed by atoms with van der Waals surface area (Å²) in [6.45, 7) is 5.60. The molecule has 2 unspecified atom stereocenters. The van der Waals surface area contributed by atoms with Gasteiger partial charge in [-0.15, -0.1) is 0 Å². The van der Waals surface area contributed by atoms with Gasteiger partial charge in [0.25, 0.3) is 0 Å². The molecule has 1 aromatic carbocycles. The van der Waals surface area contributed by atoms with Gasteiger partial charge in [-0.1, -0.05) is 18.2 Å². The first kappa shape index (κ1) is 12.2. The Kier molecular flexibility index (Phi) is 2.88. The second-order valence-corrected chi connectivity index (χ2v) is 6.17. The summed E-state index contributed by atoms with van der Waals surface area (Å²) in [6, 6.07) is 11.4. The van der Waals surface area contributed by atoms with E-state index < -0.39 is 0 Å². The van der Waals surface area contributed by atoms with Crippen molar-refractivity contribution in [3.63, 3.8) is 0 Å². The number of nitrogens with one attached hydrogen (secondary N) is 1. The molecule has 4 rings (SSSR count). The number of aryl methyl sites for hydroxylation is 1. The van der Waals surface area contributed by atoms with E-state index in [1.807, 2.05) is 0 Å². The molecule has 104 valence electrons. The molecule has 20 heavy (non-hydrogen) atoms. The first-order valence-corrected chi connectivity index (χ1v) is 7.66. The minimum atomic E-state index is 0.677. The van der Waals surface area contributed by atoms with Gasteiger partial charge in [-0.25, -0.2) is 0 Å². The number of anilines is 1. The van der Waals surface area contributed by atoms with Gasteiger partial charge in [0.1, 0.15) is 0 Å². The average molecular weight is 267 g/mol. The third-order valence-corrected chi connectivity index (χ3v) is 4.76. The summed E-state index contributed by atoms with van der Waals surface area (Å²) in [5, 5.41) is 4.97. The van der Waals surface area contributed by atoms with Crippen LogP contribution in [-0.4, -0.2) is 30.7 Å². The first-order chi connectivity index (χ1) is 9.81. The van der Waals surface area contributed by atoms with Crippen molar-refractivity contribution in [1.82, 2.24) is 10.3 Å². The summed E-state index contributed by atoms with van der Waals surface area (Å²) in [5.74, 6) is 0.816. The Hall–Kier alpha value is -1.61. The van der Waals surface area contributed by atoms with Gasteiger partial charge < -0.3 is 10.2 Å². The fraction of sp³-hybridized carbons (Fsp3) is 0.471. The molecule has 0 radical (unpaired) electrons. The van der Waals surface area contributed by atoms with Crippen molar-refractivity contribution in [2.24, 2.45) is 5.92 Å². The molecule has 1 aromatic heterocycles. The quantitative estimate of drug-likeness (QED) is 0.861. The Balaban J connectivity index is 1.75. The number of hydrogen-bond acceptors (Lipinski definition) is 3. The number of piperidine rings is 1. The number of benzene rings is 1. The van der Waals surface area contributed by atoms with E-state index in [4.69, 9.17) is 0 Å². The molecule has 2 aliphatic rings. The second kappa shape index (κ2) is 4.74. The van der Waals surface area contributed by atoms with Gasteiger partial charge in [0.15, 0.2) is 0 Å². The number of fused-ring (bicyclic) bond motifs is 2. The lowest BCUT2D eigenvalue weighted by Gasteiger charge is -2.24. The minimum absolute atomic E-state index is 0.677. The van der Waals surface area contributed by atoms with Gasteiger partial charge in [-0.2, -0.15) is 0 Å². The van der Waals surface area contributed by atoms with E-state index in [-0.39, 0.29) is 0 Å².